The summed E-state index contributed by atoms with van der Waals surface area (Å²) in [5.41, 5.74) is 6.63. The van der Waals surface area contributed by atoms with Gasteiger partial charge in [-0.2, -0.15) is 0 Å². The van der Waals surface area contributed by atoms with E-state index in [0.717, 1.165) is 5.56 Å². The van der Waals surface area contributed by atoms with Crippen molar-refractivity contribution in [3.63, 3.8) is 0 Å². The van der Waals surface area contributed by atoms with Crippen molar-refractivity contribution in [1.29, 1.82) is 0 Å². The highest BCUT2D eigenvalue weighted by atomic mass is 16.5. The van der Waals surface area contributed by atoms with Crippen molar-refractivity contribution in [3.05, 3.63) is 42.4 Å². The Morgan fingerprint density at radius 1 is 1.67 bits per heavy atom. The van der Waals surface area contributed by atoms with Crippen LogP contribution in [-0.2, 0) is 16.1 Å². The van der Waals surface area contributed by atoms with Crippen molar-refractivity contribution in [2.45, 2.75) is 6.54 Å². The number of hydrogen-bond donors (Lipinski definition) is 2. The van der Waals surface area contributed by atoms with Gasteiger partial charge in [0, 0.05) is 31.4 Å². The molecule has 5 heteroatoms. The third kappa shape index (κ3) is 3.07. The van der Waals surface area contributed by atoms with Crippen molar-refractivity contribution in [3.8, 4) is 0 Å². The Morgan fingerprint density at radius 2 is 2.56 bits per heavy atom. The van der Waals surface area contributed by atoms with Crippen molar-refractivity contribution in [1.82, 2.24) is 10.3 Å². The third-order valence-electron chi connectivity index (χ3n) is 3.01. The number of aromatic nitrogens is 1. The summed E-state index contributed by atoms with van der Waals surface area (Å²) >= 11 is 0. The number of carbonyl (C=O) groups is 1. The van der Waals surface area contributed by atoms with Gasteiger partial charge in [0.05, 0.1) is 18.8 Å². The topological polar surface area (TPSA) is 77.2 Å². The van der Waals surface area contributed by atoms with E-state index >= 15 is 0 Å². The van der Waals surface area contributed by atoms with Gasteiger partial charge < -0.3 is 15.8 Å². The van der Waals surface area contributed by atoms with Gasteiger partial charge in [-0.05, 0) is 17.7 Å². The molecule has 1 aliphatic heterocycles. The average Bonchev–Trinajstić information content (AvgIpc) is 2.92. The molecule has 3 N–H and O–H groups in total. The minimum Gasteiger partial charge on any atom is -0.501 e. The second-order valence-electron chi connectivity index (χ2n) is 4.25. The molecule has 1 aromatic rings. The minimum atomic E-state index is -0.236. The summed E-state index contributed by atoms with van der Waals surface area (Å²) in [4.78, 5) is 16.0. The van der Waals surface area contributed by atoms with Gasteiger partial charge >= 0.3 is 0 Å². The number of nitrogens with zero attached hydrogens (tertiary/aromatic N) is 1. The molecule has 0 bridgehead atoms. The molecule has 0 fully saturated rings. The van der Waals surface area contributed by atoms with Crippen LogP contribution in [0.3, 0.4) is 0 Å². The molecule has 1 aromatic heterocycles. The van der Waals surface area contributed by atoms with Crippen LogP contribution in [0.5, 0.6) is 0 Å². The zero-order valence-electron chi connectivity index (χ0n) is 10.1. The number of pyridine rings is 1. The molecule has 2 atom stereocenters. The van der Waals surface area contributed by atoms with Crippen LogP contribution in [-0.4, -0.2) is 24.0 Å². The molecule has 0 saturated carbocycles. The SMILES string of the molecule is NC[C@H](C(=O)NCc1cccnc1)C1C=COC1. The molecular formula is C13H17N3O2. The summed E-state index contributed by atoms with van der Waals surface area (Å²) in [6.45, 7) is 1.32. The lowest BCUT2D eigenvalue weighted by Gasteiger charge is -2.18. The van der Waals surface area contributed by atoms with E-state index in [0.29, 0.717) is 19.7 Å². The monoisotopic (exact) mass is 247 g/mol. The van der Waals surface area contributed by atoms with Crippen LogP contribution in [0.25, 0.3) is 0 Å². The second-order valence-corrected chi connectivity index (χ2v) is 4.25. The summed E-state index contributed by atoms with van der Waals surface area (Å²) < 4.78 is 5.13. The third-order valence-corrected chi connectivity index (χ3v) is 3.01. The van der Waals surface area contributed by atoms with E-state index in [1.54, 1.807) is 18.7 Å². The first-order valence-electron chi connectivity index (χ1n) is 5.96. The zero-order valence-corrected chi connectivity index (χ0v) is 10.1. The second kappa shape index (κ2) is 6.16. The maximum atomic E-state index is 12.0. The van der Waals surface area contributed by atoms with Crippen LogP contribution in [0, 0.1) is 11.8 Å². The van der Waals surface area contributed by atoms with E-state index in [4.69, 9.17) is 10.5 Å². The molecule has 0 aliphatic carbocycles. The highest BCUT2D eigenvalue weighted by molar-refractivity contribution is 5.79. The first kappa shape index (κ1) is 12.6. The Labute approximate surface area is 106 Å². The molecule has 2 rings (SSSR count). The summed E-state index contributed by atoms with van der Waals surface area (Å²) in [6, 6.07) is 3.76. The predicted octanol–water partition coefficient (Wildman–Crippen LogP) is 0.433. The molecule has 2 heterocycles. The number of nitrogens with one attached hydrogen (secondary N) is 1. The largest absolute Gasteiger partial charge is 0.501 e. The molecule has 96 valence electrons. The van der Waals surface area contributed by atoms with Crippen LogP contribution in [0.15, 0.2) is 36.9 Å². The van der Waals surface area contributed by atoms with E-state index in [-0.39, 0.29) is 17.7 Å². The summed E-state index contributed by atoms with van der Waals surface area (Å²) in [5, 5.41) is 2.88. The lowest BCUT2D eigenvalue weighted by molar-refractivity contribution is -0.126. The van der Waals surface area contributed by atoms with Crippen molar-refractivity contribution >= 4 is 5.91 Å². The zero-order chi connectivity index (χ0) is 12.8. The van der Waals surface area contributed by atoms with Gasteiger partial charge in [0.25, 0.3) is 0 Å². The van der Waals surface area contributed by atoms with Crippen molar-refractivity contribution in [2.75, 3.05) is 13.2 Å². The Hall–Kier alpha value is -1.88. The Morgan fingerprint density at radius 3 is 3.17 bits per heavy atom. The standard InChI is InChI=1S/C13H17N3O2/c14-6-12(11-3-5-18-9-11)13(17)16-8-10-2-1-4-15-7-10/h1-5,7,11-12H,6,8-9,14H2,(H,16,17)/t11?,12-/m0/s1. The molecule has 1 amide bonds. The van der Waals surface area contributed by atoms with Crippen LogP contribution in [0.4, 0.5) is 0 Å². The van der Waals surface area contributed by atoms with Gasteiger partial charge in [-0.25, -0.2) is 0 Å². The van der Waals surface area contributed by atoms with Crippen LogP contribution >= 0.6 is 0 Å². The lowest BCUT2D eigenvalue weighted by Crippen LogP contribution is -2.39. The first-order chi connectivity index (χ1) is 8.81. The molecule has 0 spiro atoms. The Kier molecular flexibility index (Phi) is 4.30. The Bertz CT molecular complexity index is 420. The fourth-order valence-corrected chi connectivity index (χ4v) is 1.93. The van der Waals surface area contributed by atoms with Gasteiger partial charge in [0.15, 0.2) is 0 Å². The number of hydrogen-bond acceptors (Lipinski definition) is 4. The number of carbonyl (C=O) groups excluding carboxylic acids is 1. The fraction of sp³-hybridized carbons (Fsp3) is 0.385. The van der Waals surface area contributed by atoms with Gasteiger partial charge in [-0.15, -0.1) is 0 Å². The number of ether oxygens (including phenoxy) is 1. The molecule has 5 nitrogen and oxygen atoms in total. The molecule has 0 aromatic carbocycles. The van der Waals surface area contributed by atoms with E-state index in [1.807, 2.05) is 18.2 Å². The van der Waals surface area contributed by atoms with Gasteiger partial charge in [0.1, 0.15) is 0 Å². The average molecular weight is 247 g/mol. The smallest absolute Gasteiger partial charge is 0.225 e. The van der Waals surface area contributed by atoms with Crippen molar-refractivity contribution < 1.29 is 9.53 Å². The maximum absolute atomic E-state index is 12.0. The minimum absolute atomic E-state index is 0.0403. The van der Waals surface area contributed by atoms with E-state index in [1.165, 1.54) is 0 Å². The van der Waals surface area contributed by atoms with Crippen LogP contribution in [0.2, 0.25) is 0 Å². The molecule has 1 aliphatic rings. The summed E-state index contributed by atoms with van der Waals surface area (Å²) in [7, 11) is 0. The quantitative estimate of drug-likeness (QED) is 0.791. The summed E-state index contributed by atoms with van der Waals surface area (Å²) in [5.74, 6) is -0.203. The molecule has 0 radical (unpaired) electrons. The molecule has 18 heavy (non-hydrogen) atoms. The molecule has 1 unspecified atom stereocenters. The number of nitrogens with two attached hydrogens (primary N) is 1. The molecular weight excluding hydrogens is 230 g/mol. The van der Waals surface area contributed by atoms with E-state index in [2.05, 4.69) is 10.3 Å². The highest BCUT2D eigenvalue weighted by Crippen LogP contribution is 2.18. The van der Waals surface area contributed by atoms with Gasteiger partial charge in [0.2, 0.25) is 5.91 Å². The van der Waals surface area contributed by atoms with Crippen LogP contribution in [0.1, 0.15) is 5.56 Å². The normalized spacial score (nSPS) is 19.3. The van der Waals surface area contributed by atoms with Gasteiger partial charge in [-0.3, -0.25) is 9.78 Å². The highest BCUT2D eigenvalue weighted by Gasteiger charge is 2.27. The number of rotatable bonds is 5. The van der Waals surface area contributed by atoms with Crippen molar-refractivity contribution in [2.24, 2.45) is 17.6 Å². The lowest BCUT2D eigenvalue weighted by atomic mass is 9.93. The van der Waals surface area contributed by atoms with Gasteiger partial charge in [-0.1, -0.05) is 6.07 Å². The van der Waals surface area contributed by atoms with Crippen LogP contribution < -0.4 is 11.1 Å². The Balaban J connectivity index is 1.88. The van der Waals surface area contributed by atoms with E-state index < -0.39 is 0 Å². The maximum Gasteiger partial charge on any atom is 0.225 e. The molecule has 0 saturated heterocycles. The number of amides is 1. The predicted molar refractivity (Wildman–Crippen MR) is 67.2 cm³/mol. The van der Waals surface area contributed by atoms with E-state index in [9.17, 15) is 4.79 Å². The first-order valence-corrected chi connectivity index (χ1v) is 5.96. The summed E-state index contributed by atoms with van der Waals surface area (Å²) in [6.07, 6.45) is 6.95. The fourth-order valence-electron chi connectivity index (χ4n) is 1.93.